The Labute approximate surface area is 188 Å². The van der Waals surface area contributed by atoms with Gasteiger partial charge in [0.15, 0.2) is 5.13 Å². The van der Waals surface area contributed by atoms with Crippen molar-refractivity contribution in [3.63, 3.8) is 0 Å². The monoisotopic (exact) mass is 434 g/mol. The van der Waals surface area contributed by atoms with Crippen LogP contribution in [0.15, 0.2) is 60.0 Å². The smallest absolute Gasteiger partial charge is 0.230 e. The van der Waals surface area contributed by atoms with E-state index in [4.69, 9.17) is 4.98 Å². The van der Waals surface area contributed by atoms with Gasteiger partial charge in [-0.3, -0.25) is 14.6 Å². The van der Waals surface area contributed by atoms with Crippen molar-refractivity contribution in [1.29, 1.82) is 0 Å². The van der Waals surface area contributed by atoms with E-state index in [-0.39, 0.29) is 5.91 Å². The summed E-state index contributed by atoms with van der Waals surface area (Å²) in [7, 11) is 2.13. The first-order chi connectivity index (χ1) is 15.1. The minimum Gasteiger partial charge on any atom is -0.371 e. The number of nitrogens with zero attached hydrogens (tertiary/aromatic N) is 4. The number of benzene rings is 2. The van der Waals surface area contributed by atoms with Crippen LogP contribution in [-0.2, 0) is 17.9 Å². The summed E-state index contributed by atoms with van der Waals surface area (Å²) in [5.41, 5.74) is 4.55. The van der Waals surface area contributed by atoms with Gasteiger partial charge in [-0.1, -0.05) is 36.4 Å². The fourth-order valence-corrected chi connectivity index (χ4v) is 5.06. The Morgan fingerprint density at radius 2 is 1.71 bits per heavy atom. The Balaban J connectivity index is 1.45. The van der Waals surface area contributed by atoms with Crippen LogP contribution < -0.4 is 9.80 Å². The number of anilines is 3. The van der Waals surface area contributed by atoms with Crippen molar-refractivity contribution >= 4 is 33.8 Å². The highest BCUT2D eigenvalue weighted by molar-refractivity contribution is 7.14. The second kappa shape index (κ2) is 10.1. The van der Waals surface area contributed by atoms with Crippen LogP contribution in [0, 0.1) is 0 Å². The number of piperidine rings is 1. The fourth-order valence-electron chi connectivity index (χ4n) is 4.19. The van der Waals surface area contributed by atoms with Crippen molar-refractivity contribution in [2.24, 2.45) is 0 Å². The maximum absolute atomic E-state index is 12.3. The number of carbonyl (C=O) groups is 1. The molecule has 1 amide bonds. The maximum atomic E-state index is 12.3. The third-order valence-electron chi connectivity index (χ3n) is 5.62. The molecule has 0 radical (unpaired) electrons. The highest BCUT2D eigenvalue weighted by Gasteiger charge is 2.19. The number of amides is 1. The fraction of sp³-hybridized carbons (Fsp3) is 0.360. The van der Waals surface area contributed by atoms with Crippen molar-refractivity contribution in [3.05, 3.63) is 71.2 Å². The predicted molar refractivity (Wildman–Crippen MR) is 129 cm³/mol. The van der Waals surface area contributed by atoms with Gasteiger partial charge in [0, 0.05) is 44.2 Å². The second-order valence-electron chi connectivity index (χ2n) is 8.16. The highest BCUT2D eigenvalue weighted by Crippen LogP contribution is 2.30. The zero-order chi connectivity index (χ0) is 21.6. The lowest BCUT2D eigenvalue weighted by Crippen LogP contribution is -2.31. The molecule has 0 bridgehead atoms. The van der Waals surface area contributed by atoms with Crippen LogP contribution in [0.2, 0.25) is 0 Å². The van der Waals surface area contributed by atoms with Gasteiger partial charge in [0.1, 0.15) is 0 Å². The second-order valence-corrected chi connectivity index (χ2v) is 9.00. The molecular weight excluding hydrogens is 404 g/mol. The molecule has 0 saturated carbocycles. The van der Waals surface area contributed by atoms with Gasteiger partial charge < -0.3 is 4.90 Å². The topological polar surface area (TPSA) is 39.7 Å². The molecule has 0 aliphatic carbocycles. The van der Waals surface area contributed by atoms with Crippen LogP contribution in [0.5, 0.6) is 0 Å². The van der Waals surface area contributed by atoms with E-state index in [9.17, 15) is 4.79 Å². The number of hydrogen-bond donors (Lipinski definition) is 0. The molecule has 1 saturated heterocycles. The van der Waals surface area contributed by atoms with E-state index in [1.54, 1.807) is 11.8 Å². The van der Waals surface area contributed by atoms with Crippen LogP contribution in [0.25, 0.3) is 0 Å². The average molecular weight is 435 g/mol. The van der Waals surface area contributed by atoms with Crippen molar-refractivity contribution < 1.29 is 4.79 Å². The van der Waals surface area contributed by atoms with Crippen molar-refractivity contribution in [1.82, 2.24) is 9.88 Å². The highest BCUT2D eigenvalue weighted by atomic mass is 32.1. The van der Waals surface area contributed by atoms with E-state index in [2.05, 4.69) is 46.5 Å². The van der Waals surface area contributed by atoms with Gasteiger partial charge in [0.2, 0.25) is 5.91 Å². The molecule has 2 aromatic carbocycles. The molecule has 1 aromatic heterocycles. The Bertz CT molecular complexity index is 998. The molecule has 0 spiro atoms. The first-order valence-electron chi connectivity index (χ1n) is 10.9. The quantitative estimate of drug-likeness (QED) is 0.496. The van der Waals surface area contributed by atoms with Gasteiger partial charge in [-0.05, 0) is 50.1 Å². The van der Waals surface area contributed by atoms with Crippen LogP contribution >= 0.6 is 11.3 Å². The minimum atomic E-state index is -0.0316. The summed E-state index contributed by atoms with van der Waals surface area (Å²) in [6.45, 7) is 5.49. The molecular formula is C25H30N4OS. The van der Waals surface area contributed by atoms with Gasteiger partial charge in [-0.25, -0.2) is 4.98 Å². The van der Waals surface area contributed by atoms with E-state index >= 15 is 0 Å². The average Bonchev–Trinajstić information content (AvgIpc) is 3.23. The van der Waals surface area contributed by atoms with E-state index in [0.29, 0.717) is 0 Å². The first kappa shape index (κ1) is 21.5. The normalized spacial score (nSPS) is 14.1. The lowest BCUT2D eigenvalue weighted by Gasteiger charge is -2.31. The SMILES string of the molecule is CC(=O)N(c1ccccc1)c1nc(CN(C)Cc2ccccc2N2CCCCC2)cs1. The van der Waals surface area contributed by atoms with Crippen molar-refractivity contribution in [2.75, 3.05) is 29.9 Å². The summed E-state index contributed by atoms with van der Waals surface area (Å²) in [5, 5.41) is 2.78. The lowest BCUT2D eigenvalue weighted by atomic mass is 10.1. The minimum absolute atomic E-state index is 0.0316. The van der Waals surface area contributed by atoms with E-state index in [0.717, 1.165) is 42.7 Å². The molecule has 162 valence electrons. The Morgan fingerprint density at radius 1 is 1.00 bits per heavy atom. The number of aromatic nitrogens is 1. The standard InChI is InChI=1S/C25H30N4OS/c1-20(30)29(23-12-5-3-6-13-23)25-26-22(19-31-25)18-27(2)17-21-11-7-8-14-24(21)28-15-9-4-10-16-28/h3,5-8,11-14,19H,4,9-10,15-18H2,1-2H3. The zero-order valence-corrected chi connectivity index (χ0v) is 19.1. The molecule has 3 aromatic rings. The molecule has 1 fully saturated rings. The van der Waals surface area contributed by atoms with Crippen molar-refractivity contribution in [2.45, 2.75) is 39.3 Å². The van der Waals surface area contributed by atoms with E-state index in [1.807, 2.05) is 30.3 Å². The van der Waals surface area contributed by atoms with Gasteiger partial charge in [-0.15, -0.1) is 11.3 Å². The summed E-state index contributed by atoms with van der Waals surface area (Å²) < 4.78 is 0. The molecule has 1 aliphatic heterocycles. The molecule has 31 heavy (non-hydrogen) atoms. The molecule has 6 heteroatoms. The maximum Gasteiger partial charge on any atom is 0.230 e. The third-order valence-corrected chi connectivity index (χ3v) is 6.50. The summed E-state index contributed by atoms with van der Waals surface area (Å²) in [5.74, 6) is -0.0316. The first-order valence-corrected chi connectivity index (χ1v) is 11.8. The van der Waals surface area contributed by atoms with Crippen molar-refractivity contribution in [3.8, 4) is 0 Å². The molecule has 0 unspecified atom stereocenters. The Morgan fingerprint density at radius 3 is 2.45 bits per heavy atom. The summed E-state index contributed by atoms with van der Waals surface area (Å²) in [6, 6.07) is 18.5. The lowest BCUT2D eigenvalue weighted by molar-refractivity contribution is -0.115. The predicted octanol–water partition coefficient (Wildman–Crippen LogP) is 5.45. The zero-order valence-electron chi connectivity index (χ0n) is 18.3. The van der Waals surface area contributed by atoms with Crippen LogP contribution in [0.4, 0.5) is 16.5 Å². The number of carbonyl (C=O) groups excluding carboxylic acids is 1. The molecule has 0 atom stereocenters. The number of hydrogen-bond acceptors (Lipinski definition) is 5. The van der Waals surface area contributed by atoms with Crippen LogP contribution in [0.3, 0.4) is 0 Å². The Kier molecular flexibility index (Phi) is 6.99. The van der Waals surface area contributed by atoms with Crippen LogP contribution in [-0.4, -0.2) is 35.9 Å². The molecule has 5 nitrogen and oxygen atoms in total. The summed E-state index contributed by atoms with van der Waals surface area (Å²) >= 11 is 1.51. The Hall–Kier alpha value is -2.70. The van der Waals surface area contributed by atoms with Gasteiger partial charge in [-0.2, -0.15) is 0 Å². The van der Waals surface area contributed by atoms with Gasteiger partial charge in [0.25, 0.3) is 0 Å². The molecule has 4 rings (SSSR count). The third kappa shape index (κ3) is 5.32. The van der Waals surface area contributed by atoms with E-state index in [1.165, 1.54) is 41.9 Å². The molecule has 1 aliphatic rings. The summed E-state index contributed by atoms with van der Waals surface area (Å²) in [6.07, 6.45) is 3.89. The molecule has 2 heterocycles. The number of rotatable bonds is 7. The number of thiazole rings is 1. The van der Waals surface area contributed by atoms with E-state index < -0.39 is 0 Å². The van der Waals surface area contributed by atoms with Gasteiger partial charge in [0.05, 0.1) is 11.4 Å². The van der Waals surface area contributed by atoms with Crippen LogP contribution in [0.1, 0.15) is 37.4 Å². The number of para-hydroxylation sites is 2. The molecule has 0 N–H and O–H groups in total. The largest absolute Gasteiger partial charge is 0.371 e. The van der Waals surface area contributed by atoms with Gasteiger partial charge >= 0.3 is 0 Å². The summed E-state index contributed by atoms with van der Waals surface area (Å²) in [4.78, 5) is 23.6.